The molecule has 2 aromatic carbocycles. The van der Waals surface area contributed by atoms with E-state index in [2.05, 4.69) is 10.0 Å². The Morgan fingerprint density at radius 2 is 1.97 bits per heavy atom. The SMILES string of the molecule is C[C@@H](NC(=O)C[C@@H]1C[C@@H]2c3cc(NS(C)(=O)=O)ccc3O[C@@H]2[C@H](CO)O1)c1ccccc1. The number of aliphatic hydroxyl groups is 1. The summed E-state index contributed by atoms with van der Waals surface area (Å²) in [6.07, 6.45) is 0.443. The van der Waals surface area contributed by atoms with Gasteiger partial charge in [-0.3, -0.25) is 9.52 Å². The van der Waals surface area contributed by atoms with E-state index < -0.39 is 22.2 Å². The Labute approximate surface area is 188 Å². The highest BCUT2D eigenvalue weighted by atomic mass is 32.2. The number of fused-ring (bicyclic) bond motifs is 3. The third-order valence-corrected chi connectivity index (χ3v) is 6.50. The predicted molar refractivity (Wildman–Crippen MR) is 120 cm³/mol. The Kier molecular flexibility index (Phi) is 6.41. The van der Waals surface area contributed by atoms with Crippen LogP contribution in [0, 0.1) is 0 Å². The van der Waals surface area contributed by atoms with E-state index in [0.29, 0.717) is 17.9 Å². The molecule has 0 unspecified atom stereocenters. The van der Waals surface area contributed by atoms with Crippen LogP contribution in [0.5, 0.6) is 5.75 Å². The van der Waals surface area contributed by atoms with Crippen LogP contribution in [0.1, 0.15) is 42.9 Å². The highest BCUT2D eigenvalue weighted by Gasteiger charge is 2.46. The maximum absolute atomic E-state index is 12.7. The number of hydrogen-bond donors (Lipinski definition) is 3. The van der Waals surface area contributed by atoms with Gasteiger partial charge in [-0.1, -0.05) is 30.3 Å². The van der Waals surface area contributed by atoms with E-state index in [1.807, 2.05) is 37.3 Å². The molecule has 1 amide bonds. The van der Waals surface area contributed by atoms with Crippen LogP contribution in [-0.2, 0) is 19.6 Å². The first kappa shape index (κ1) is 22.6. The number of benzene rings is 2. The fourth-order valence-electron chi connectivity index (χ4n) is 4.50. The first-order chi connectivity index (χ1) is 15.2. The topological polar surface area (TPSA) is 114 Å². The van der Waals surface area contributed by atoms with Gasteiger partial charge in [-0.25, -0.2) is 8.42 Å². The summed E-state index contributed by atoms with van der Waals surface area (Å²) in [5.41, 5.74) is 2.32. The van der Waals surface area contributed by atoms with E-state index in [1.165, 1.54) is 0 Å². The summed E-state index contributed by atoms with van der Waals surface area (Å²) < 4.78 is 37.7. The number of nitrogens with one attached hydrogen (secondary N) is 2. The first-order valence-electron chi connectivity index (χ1n) is 10.6. The molecule has 172 valence electrons. The lowest BCUT2D eigenvalue weighted by Crippen LogP contribution is -2.47. The quantitative estimate of drug-likeness (QED) is 0.584. The van der Waals surface area contributed by atoms with Gasteiger partial charge < -0.3 is 19.9 Å². The van der Waals surface area contributed by atoms with Gasteiger partial charge in [0, 0.05) is 17.2 Å². The molecule has 0 aromatic heterocycles. The van der Waals surface area contributed by atoms with Crippen molar-refractivity contribution >= 4 is 21.6 Å². The third-order valence-electron chi connectivity index (χ3n) is 5.89. The molecule has 0 aliphatic carbocycles. The second-order valence-corrected chi connectivity index (χ2v) is 10.2. The summed E-state index contributed by atoms with van der Waals surface area (Å²) in [4.78, 5) is 12.7. The molecular weight excluding hydrogens is 432 g/mol. The van der Waals surface area contributed by atoms with Crippen molar-refractivity contribution in [2.45, 2.75) is 50.0 Å². The largest absolute Gasteiger partial charge is 0.487 e. The molecule has 2 heterocycles. The van der Waals surface area contributed by atoms with E-state index in [0.717, 1.165) is 17.4 Å². The summed E-state index contributed by atoms with van der Waals surface area (Å²) in [6, 6.07) is 14.7. The van der Waals surface area contributed by atoms with Crippen molar-refractivity contribution in [2.24, 2.45) is 0 Å². The molecule has 1 saturated heterocycles. The number of aliphatic hydroxyl groups excluding tert-OH is 1. The zero-order chi connectivity index (χ0) is 22.9. The van der Waals surface area contributed by atoms with Gasteiger partial charge >= 0.3 is 0 Å². The Balaban J connectivity index is 1.47. The molecule has 5 atom stereocenters. The van der Waals surface area contributed by atoms with Crippen molar-refractivity contribution < 1.29 is 27.8 Å². The van der Waals surface area contributed by atoms with Gasteiger partial charge in [0.25, 0.3) is 0 Å². The van der Waals surface area contributed by atoms with Gasteiger partial charge in [-0.2, -0.15) is 0 Å². The molecule has 0 radical (unpaired) electrons. The Bertz CT molecular complexity index is 1080. The zero-order valence-electron chi connectivity index (χ0n) is 18.0. The summed E-state index contributed by atoms with van der Waals surface area (Å²) in [5.74, 6) is 0.401. The predicted octanol–water partition coefficient (Wildman–Crippen LogP) is 2.32. The molecule has 2 aliphatic rings. The summed E-state index contributed by atoms with van der Waals surface area (Å²) in [6.45, 7) is 1.70. The summed E-state index contributed by atoms with van der Waals surface area (Å²) in [7, 11) is -3.41. The minimum Gasteiger partial charge on any atom is -0.487 e. The molecule has 4 rings (SSSR count). The molecule has 2 aliphatic heterocycles. The molecule has 3 N–H and O–H groups in total. The van der Waals surface area contributed by atoms with Gasteiger partial charge in [0.05, 0.1) is 31.4 Å². The Morgan fingerprint density at radius 3 is 2.66 bits per heavy atom. The van der Waals surface area contributed by atoms with Crippen LogP contribution in [0.4, 0.5) is 5.69 Å². The molecule has 1 fully saturated rings. The van der Waals surface area contributed by atoms with Crippen molar-refractivity contribution in [1.29, 1.82) is 0 Å². The van der Waals surface area contributed by atoms with Crippen molar-refractivity contribution in [3.05, 3.63) is 59.7 Å². The van der Waals surface area contributed by atoms with Gasteiger partial charge in [-0.05, 0) is 37.1 Å². The monoisotopic (exact) mass is 460 g/mol. The Morgan fingerprint density at radius 1 is 1.22 bits per heavy atom. The number of carbonyl (C=O) groups excluding carboxylic acids is 1. The number of anilines is 1. The van der Waals surface area contributed by atoms with Gasteiger partial charge in [0.2, 0.25) is 15.9 Å². The van der Waals surface area contributed by atoms with Gasteiger partial charge in [0.1, 0.15) is 18.0 Å². The van der Waals surface area contributed by atoms with E-state index in [-0.39, 0.29) is 37.0 Å². The second kappa shape index (κ2) is 9.09. The highest BCUT2D eigenvalue weighted by Crippen LogP contribution is 2.47. The standard InChI is InChI=1S/C23H28N2O6S/c1-14(15-6-4-3-5-7-15)24-22(27)12-17-11-19-18-10-16(25-32(2,28)29)8-9-20(18)31-23(19)21(13-26)30-17/h3-10,14,17,19,21,23,25-26H,11-13H2,1-2H3,(H,24,27)/t14-,17+,19-,21+,23+/m1/s1. The zero-order valence-corrected chi connectivity index (χ0v) is 18.8. The lowest BCUT2D eigenvalue weighted by Gasteiger charge is -2.37. The molecular formula is C23H28N2O6S. The van der Waals surface area contributed by atoms with Crippen molar-refractivity contribution in [3.63, 3.8) is 0 Å². The number of ether oxygens (including phenoxy) is 2. The van der Waals surface area contributed by atoms with Gasteiger partial charge in [-0.15, -0.1) is 0 Å². The van der Waals surface area contributed by atoms with Crippen LogP contribution >= 0.6 is 0 Å². The average molecular weight is 461 g/mol. The minimum absolute atomic E-state index is 0.110. The lowest BCUT2D eigenvalue weighted by atomic mass is 9.84. The van der Waals surface area contributed by atoms with Crippen LogP contribution in [0.2, 0.25) is 0 Å². The lowest BCUT2D eigenvalue weighted by molar-refractivity contribution is -0.142. The number of hydrogen-bond acceptors (Lipinski definition) is 6. The average Bonchev–Trinajstić information content (AvgIpc) is 3.10. The van der Waals surface area contributed by atoms with Crippen molar-refractivity contribution in [3.8, 4) is 5.75 Å². The second-order valence-electron chi connectivity index (χ2n) is 8.43. The maximum Gasteiger partial charge on any atom is 0.229 e. The number of sulfonamides is 1. The number of carbonyl (C=O) groups is 1. The third kappa shape index (κ3) is 5.06. The summed E-state index contributed by atoms with van der Waals surface area (Å²) in [5, 5.41) is 12.9. The molecule has 0 bridgehead atoms. The molecule has 0 spiro atoms. The smallest absolute Gasteiger partial charge is 0.229 e. The van der Waals surface area contributed by atoms with Gasteiger partial charge in [0.15, 0.2) is 0 Å². The molecule has 0 saturated carbocycles. The van der Waals surface area contributed by atoms with Crippen LogP contribution in [0.3, 0.4) is 0 Å². The molecule has 2 aromatic rings. The molecule has 32 heavy (non-hydrogen) atoms. The highest BCUT2D eigenvalue weighted by molar-refractivity contribution is 7.92. The number of amides is 1. The van der Waals surface area contributed by atoms with E-state index in [1.54, 1.807) is 18.2 Å². The Hall–Kier alpha value is -2.62. The fraction of sp³-hybridized carbons (Fsp3) is 0.435. The van der Waals surface area contributed by atoms with E-state index >= 15 is 0 Å². The fourth-order valence-corrected chi connectivity index (χ4v) is 5.05. The van der Waals surface area contributed by atoms with Crippen molar-refractivity contribution in [2.75, 3.05) is 17.6 Å². The van der Waals surface area contributed by atoms with E-state index in [4.69, 9.17) is 9.47 Å². The van der Waals surface area contributed by atoms with Crippen LogP contribution in [0.15, 0.2) is 48.5 Å². The normalized spacial score (nSPS) is 25.2. The number of rotatable bonds is 7. The van der Waals surface area contributed by atoms with Crippen LogP contribution in [0.25, 0.3) is 0 Å². The van der Waals surface area contributed by atoms with Crippen LogP contribution in [-0.4, -0.2) is 50.6 Å². The molecule has 9 heteroatoms. The first-order valence-corrected chi connectivity index (χ1v) is 12.5. The summed E-state index contributed by atoms with van der Waals surface area (Å²) >= 11 is 0. The molecule has 8 nitrogen and oxygen atoms in total. The van der Waals surface area contributed by atoms with E-state index in [9.17, 15) is 18.3 Å². The van der Waals surface area contributed by atoms with Crippen LogP contribution < -0.4 is 14.8 Å². The maximum atomic E-state index is 12.7. The van der Waals surface area contributed by atoms with Crippen molar-refractivity contribution in [1.82, 2.24) is 5.32 Å². The minimum atomic E-state index is -3.41.